The Kier molecular flexibility index (Phi) is 6.19. The van der Waals surface area contributed by atoms with Gasteiger partial charge in [-0.2, -0.15) is 0 Å². The molecule has 0 amide bonds. The minimum atomic E-state index is -0.561. The van der Waals surface area contributed by atoms with Gasteiger partial charge in [-0.15, -0.1) is 0 Å². The fraction of sp³-hybridized carbons (Fsp3) is 0.571. The minimum Gasteiger partial charge on any atom is -0.386 e. The fourth-order valence-corrected chi connectivity index (χ4v) is 1.51. The molecule has 0 aliphatic heterocycles. The molecule has 0 fully saturated rings. The van der Waals surface area contributed by atoms with E-state index in [0.717, 1.165) is 11.1 Å². The van der Waals surface area contributed by atoms with E-state index in [2.05, 4.69) is 0 Å². The molecule has 0 aromatic heterocycles. The third-order valence-corrected chi connectivity index (χ3v) is 2.38. The van der Waals surface area contributed by atoms with Crippen molar-refractivity contribution in [2.24, 2.45) is 0 Å². The predicted molar refractivity (Wildman–Crippen MR) is 68.0 cm³/mol. The summed E-state index contributed by atoms with van der Waals surface area (Å²) in [6, 6.07) is 7.83. The number of rotatable bonds is 7. The van der Waals surface area contributed by atoms with E-state index in [9.17, 15) is 5.11 Å². The van der Waals surface area contributed by atoms with Crippen LogP contribution in [0.25, 0.3) is 0 Å². The molecule has 3 nitrogen and oxygen atoms in total. The Hall–Kier alpha value is -0.900. The summed E-state index contributed by atoms with van der Waals surface area (Å²) in [6.45, 7) is 7.38. The quantitative estimate of drug-likeness (QED) is 0.742. The number of aliphatic hydroxyl groups excluding tert-OH is 1. The molecule has 1 aromatic carbocycles. The second-order valence-electron chi connectivity index (χ2n) is 4.42. The second kappa shape index (κ2) is 7.43. The largest absolute Gasteiger partial charge is 0.386 e. The van der Waals surface area contributed by atoms with E-state index in [0.29, 0.717) is 19.8 Å². The van der Waals surface area contributed by atoms with Crippen molar-refractivity contribution < 1.29 is 14.6 Å². The van der Waals surface area contributed by atoms with Gasteiger partial charge in [-0.3, -0.25) is 0 Å². The molecule has 17 heavy (non-hydrogen) atoms. The van der Waals surface area contributed by atoms with Crippen LogP contribution < -0.4 is 0 Å². The van der Waals surface area contributed by atoms with Gasteiger partial charge in [-0.25, -0.2) is 0 Å². The summed E-state index contributed by atoms with van der Waals surface area (Å²) in [5.74, 6) is 0. The molecule has 1 unspecified atom stereocenters. The van der Waals surface area contributed by atoms with Crippen LogP contribution in [-0.2, 0) is 9.47 Å². The maximum atomic E-state index is 9.89. The summed E-state index contributed by atoms with van der Waals surface area (Å²) in [7, 11) is 0. The SMILES string of the molecule is Cc1cccc(C(O)COCCOC(C)C)c1. The zero-order valence-electron chi connectivity index (χ0n) is 10.8. The molecule has 1 N–H and O–H groups in total. The average molecular weight is 238 g/mol. The highest BCUT2D eigenvalue weighted by molar-refractivity contribution is 5.23. The Morgan fingerprint density at radius 2 is 2.00 bits per heavy atom. The van der Waals surface area contributed by atoms with Crippen LogP contribution in [0.4, 0.5) is 0 Å². The van der Waals surface area contributed by atoms with Crippen molar-refractivity contribution in [2.75, 3.05) is 19.8 Å². The van der Waals surface area contributed by atoms with Crippen molar-refractivity contribution in [1.29, 1.82) is 0 Å². The third-order valence-electron chi connectivity index (χ3n) is 2.38. The molecular weight excluding hydrogens is 216 g/mol. The molecule has 0 radical (unpaired) electrons. The van der Waals surface area contributed by atoms with Crippen LogP contribution in [0, 0.1) is 6.92 Å². The van der Waals surface area contributed by atoms with Crippen molar-refractivity contribution >= 4 is 0 Å². The van der Waals surface area contributed by atoms with E-state index in [1.54, 1.807) is 0 Å². The first kappa shape index (κ1) is 14.2. The molecule has 0 bridgehead atoms. The summed E-state index contributed by atoms with van der Waals surface area (Å²) < 4.78 is 10.7. The lowest BCUT2D eigenvalue weighted by Gasteiger charge is -2.13. The third kappa shape index (κ3) is 5.82. The first-order valence-corrected chi connectivity index (χ1v) is 6.03. The van der Waals surface area contributed by atoms with Gasteiger partial charge < -0.3 is 14.6 Å². The van der Waals surface area contributed by atoms with Gasteiger partial charge in [0.15, 0.2) is 0 Å². The van der Waals surface area contributed by atoms with Gasteiger partial charge >= 0.3 is 0 Å². The van der Waals surface area contributed by atoms with Crippen LogP contribution in [-0.4, -0.2) is 31.0 Å². The van der Waals surface area contributed by atoms with E-state index >= 15 is 0 Å². The molecule has 0 aliphatic rings. The molecule has 0 heterocycles. The van der Waals surface area contributed by atoms with Gasteiger partial charge in [0.25, 0.3) is 0 Å². The molecule has 0 saturated carbocycles. The Balaban J connectivity index is 2.23. The highest BCUT2D eigenvalue weighted by atomic mass is 16.5. The van der Waals surface area contributed by atoms with Crippen molar-refractivity contribution in [3.05, 3.63) is 35.4 Å². The van der Waals surface area contributed by atoms with E-state index in [4.69, 9.17) is 9.47 Å². The van der Waals surface area contributed by atoms with Crippen LogP contribution in [0.5, 0.6) is 0 Å². The normalized spacial score (nSPS) is 13.0. The number of aryl methyl sites for hydroxylation is 1. The fourth-order valence-electron chi connectivity index (χ4n) is 1.51. The summed E-state index contributed by atoms with van der Waals surface area (Å²) in [4.78, 5) is 0. The first-order chi connectivity index (χ1) is 8.09. The standard InChI is InChI=1S/C14H22O3/c1-11(2)17-8-7-16-10-14(15)13-6-4-5-12(3)9-13/h4-6,9,11,14-15H,7-8,10H2,1-3H3. The Bertz CT molecular complexity index is 323. The van der Waals surface area contributed by atoms with Crippen molar-refractivity contribution in [3.8, 4) is 0 Å². The van der Waals surface area contributed by atoms with Crippen molar-refractivity contribution in [2.45, 2.75) is 33.0 Å². The number of hydrogen-bond acceptors (Lipinski definition) is 3. The average Bonchev–Trinajstić information content (AvgIpc) is 2.28. The summed E-state index contributed by atoms with van der Waals surface area (Å²) in [5, 5.41) is 9.89. The zero-order valence-corrected chi connectivity index (χ0v) is 10.8. The topological polar surface area (TPSA) is 38.7 Å². The van der Waals surface area contributed by atoms with Gasteiger partial charge in [0.05, 0.1) is 25.9 Å². The highest BCUT2D eigenvalue weighted by Crippen LogP contribution is 2.14. The van der Waals surface area contributed by atoms with E-state index in [1.807, 2.05) is 45.0 Å². The van der Waals surface area contributed by atoms with Crippen LogP contribution in [0.3, 0.4) is 0 Å². The molecule has 3 heteroatoms. The number of benzene rings is 1. The lowest BCUT2D eigenvalue weighted by Crippen LogP contribution is -2.13. The van der Waals surface area contributed by atoms with E-state index in [-0.39, 0.29) is 6.10 Å². The molecule has 0 spiro atoms. The van der Waals surface area contributed by atoms with E-state index < -0.39 is 6.10 Å². The first-order valence-electron chi connectivity index (χ1n) is 6.03. The van der Waals surface area contributed by atoms with Gasteiger partial charge in [0.2, 0.25) is 0 Å². The van der Waals surface area contributed by atoms with Crippen molar-refractivity contribution in [3.63, 3.8) is 0 Å². The molecule has 0 aliphatic carbocycles. The number of ether oxygens (including phenoxy) is 2. The van der Waals surface area contributed by atoms with Gasteiger partial charge in [-0.1, -0.05) is 29.8 Å². The zero-order chi connectivity index (χ0) is 12.7. The maximum absolute atomic E-state index is 9.89. The molecule has 96 valence electrons. The van der Waals surface area contributed by atoms with Crippen LogP contribution in [0.15, 0.2) is 24.3 Å². The molecule has 1 atom stereocenters. The van der Waals surface area contributed by atoms with Crippen LogP contribution in [0.1, 0.15) is 31.1 Å². The monoisotopic (exact) mass is 238 g/mol. The van der Waals surface area contributed by atoms with Crippen LogP contribution in [0.2, 0.25) is 0 Å². The highest BCUT2D eigenvalue weighted by Gasteiger charge is 2.07. The van der Waals surface area contributed by atoms with Crippen LogP contribution >= 0.6 is 0 Å². The van der Waals surface area contributed by atoms with Gasteiger partial charge in [0, 0.05) is 0 Å². The van der Waals surface area contributed by atoms with E-state index in [1.165, 1.54) is 0 Å². The van der Waals surface area contributed by atoms with Gasteiger partial charge in [0.1, 0.15) is 6.10 Å². The lowest BCUT2D eigenvalue weighted by atomic mass is 10.1. The Labute approximate surface area is 103 Å². The molecular formula is C14H22O3. The Morgan fingerprint density at radius 3 is 2.65 bits per heavy atom. The van der Waals surface area contributed by atoms with Gasteiger partial charge in [-0.05, 0) is 26.3 Å². The maximum Gasteiger partial charge on any atom is 0.102 e. The van der Waals surface area contributed by atoms with Crippen molar-refractivity contribution in [1.82, 2.24) is 0 Å². The minimum absolute atomic E-state index is 0.222. The smallest absolute Gasteiger partial charge is 0.102 e. The predicted octanol–water partition coefficient (Wildman–Crippen LogP) is 2.47. The molecule has 0 saturated heterocycles. The summed E-state index contributed by atoms with van der Waals surface area (Å²) in [5.41, 5.74) is 2.04. The molecule has 1 aromatic rings. The second-order valence-corrected chi connectivity index (χ2v) is 4.42. The number of aliphatic hydroxyl groups is 1. The number of hydrogen-bond donors (Lipinski definition) is 1. The summed E-state index contributed by atoms with van der Waals surface area (Å²) >= 11 is 0. The lowest BCUT2D eigenvalue weighted by molar-refractivity contribution is -0.0110. The Morgan fingerprint density at radius 1 is 1.24 bits per heavy atom. The summed E-state index contributed by atoms with van der Waals surface area (Å²) in [6.07, 6.45) is -0.339. The molecule has 1 rings (SSSR count).